The molecule has 5 nitrogen and oxygen atoms in total. The molecule has 0 amide bonds. The Morgan fingerprint density at radius 1 is 1.47 bits per heavy atom. The molecule has 0 saturated heterocycles. The number of para-hydroxylation sites is 1. The van der Waals surface area contributed by atoms with Crippen LogP contribution in [0.15, 0.2) is 27.4 Å². The normalized spacial score (nSPS) is 10.5. The Kier molecular flexibility index (Phi) is 2.91. The Balaban J connectivity index is 2.64. The minimum Gasteiger partial charge on any atom is -0.469 e. The molecule has 1 heterocycles. The number of methoxy groups -OCH3 is 1. The fourth-order valence-electron chi connectivity index (χ4n) is 1.66. The van der Waals surface area contributed by atoms with E-state index in [-0.39, 0.29) is 12.4 Å². The van der Waals surface area contributed by atoms with Gasteiger partial charge in [0.15, 0.2) is 0 Å². The summed E-state index contributed by atoms with van der Waals surface area (Å²) in [6, 6.07) is 5.30. The monoisotopic (exact) mass is 233 g/mol. The van der Waals surface area contributed by atoms with Crippen LogP contribution in [-0.4, -0.2) is 18.1 Å². The Hall–Kier alpha value is -2.17. The van der Waals surface area contributed by atoms with Gasteiger partial charge in [-0.3, -0.25) is 4.79 Å². The van der Waals surface area contributed by atoms with Crippen LogP contribution in [0.5, 0.6) is 0 Å². The molecule has 17 heavy (non-hydrogen) atoms. The van der Waals surface area contributed by atoms with Crippen LogP contribution in [0.1, 0.15) is 11.3 Å². The number of aromatic nitrogens is 1. The summed E-state index contributed by atoms with van der Waals surface area (Å²) in [6.45, 7) is 1.72. The molecule has 2 rings (SSSR count). The Morgan fingerprint density at radius 3 is 2.94 bits per heavy atom. The highest BCUT2D eigenvalue weighted by atomic mass is 16.5. The number of fused-ring (bicyclic) bond motifs is 1. The molecule has 1 aromatic heterocycles. The first kappa shape index (κ1) is 11.3. The van der Waals surface area contributed by atoms with E-state index in [9.17, 15) is 9.59 Å². The largest absolute Gasteiger partial charge is 0.469 e. The van der Waals surface area contributed by atoms with E-state index in [1.807, 2.05) is 0 Å². The number of carbonyl (C=O) groups excluding carboxylic acids is 1. The van der Waals surface area contributed by atoms with Gasteiger partial charge in [0.25, 0.3) is 0 Å². The quantitative estimate of drug-likeness (QED) is 0.729. The number of esters is 1. The number of carbonyl (C=O) groups is 1. The van der Waals surface area contributed by atoms with E-state index in [0.29, 0.717) is 16.8 Å². The Bertz CT molecular complexity index is 630. The van der Waals surface area contributed by atoms with Crippen LogP contribution >= 0.6 is 0 Å². The molecule has 0 unspecified atom stereocenters. The summed E-state index contributed by atoms with van der Waals surface area (Å²) in [6.07, 6.45) is 0.0697. The van der Waals surface area contributed by atoms with E-state index in [4.69, 9.17) is 4.42 Å². The fraction of sp³-hybridized carbons (Fsp3) is 0.250. The van der Waals surface area contributed by atoms with E-state index in [0.717, 1.165) is 5.39 Å². The van der Waals surface area contributed by atoms with Crippen LogP contribution in [0.2, 0.25) is 0 Å². The fourth-order valence-corrected chi connectivity index (χ4v) is 1.66. The lowest BCUT2D eigenvalue weighted by molar-refractivity contribution is -0.139. The molecule has 5 heteroatoms. The topological polar surface area (TPSA) is 69.4 Å². The van der Waals surface area contributed by atoms with E-state index in [1.54, 1.807) is 25.1 Å². The molecule has 0 aliphatic rings. The van der Waals surface area contributed by atoms with Gasteiger partial charge in [0, 0.05) is 10.9 Å². The molecule has 0 aliphatic carbocycles. The molecule has 0 N–H and O–H groups in total. The molecule has 0 atom stereocenters. The van der Waals surface area contributed by atoms with Crippen LogP contribution in [-0.2, 0) is 16.0 Å². The van der Waals surface area contributed by atoms with Crippen molar-refractivity contribution in [3.63, 3.8) is 0 Å². The second-order valence-corrected chi connectivity index (χ2v) is 3.61. The number of ether oxygens (including phenoxy) is 1. The maximum Gasteiger partial charge on any atom is 0.439 e. The lowest BCUT2D eigenvalue weighted by atomic mass is 10.1. The first-order valence-electron chi connectivity index (χ1n) is 5.08. The highest BCUT2D eigenvalue weighted by Gasteiger charge is 2.11. The van der Waals surface area contributed by atoms with Gasteiger partial charge in [-0.25, -0.2) is 4.79 Å². The molecule has 0 spiro atoms. The third-order valence-corrected chi connectivity index (χ3v) is 2.50. The maximum atomic E-state index is 11.2. The van der Waals surface area contributed by atoms with Gasteiger partial charge < -0.3 is 9.15 Å². The maximum absolute atomic E-state index is 11.2. The Morgan fingerprint density at radius 2 is 2.24 bits per heavy atom. The first-order valence-corrected chi connectivity index (χ1v) is 5.08. The summed E-state index contributed by atoms with van der Waals surface area (Å²) in [5.41, 5.74) is 1.61. The third-order valence-electron chi connectivity index (χ3n) is 2.50. The van der Waals surface area contributed by atoms with Crippen molar-refractivity contribution in [1.29, 1.82) is 0 Å². The van der Waals surface area contributed by atoms with Gasteiger partial charge in [0.05, 0.1) is 19.2 Å². The second kappa shape index (κ2) is 4.37. The summed E-state index contributed by atoms with van der Waals surface area (Å²) in [7, 11) is 1.32. The van der Waals surface area contributed by atoms with Crippen LogP contribution in [0.4, 0.5) is 0 Å². The minimum atomic E-state index is -0.660. The van der Waals surface area contributed by atoms with Gasteiger partial charge in [0.2, 0.25) is 0 Å². The van der Waals surface area contributed by atoms with Gasteiger partial charge in [-0.15, -0.1) is 0 Å². The van der Waals surface area contributed by atoms with Crippen molar-refractivity contribution in [3.8, 4) is 0 Å². The average Bonchev–Trinajstić information content (AvgIpc) is 2.30. The zero-order valence-electron chi connectivity index (χ0n) is 9.52. The number of rotatable bonds is 2. The van der Waals surface area contributed by atoms with Crippen LogP contribution in [0.25, 0.3) is 11.0 Å². The lowest BCUT2D eigenvalue weighted by Crippen LogP contribution is -2.09. The number of hydrogen-bond donors (Lipinski definition) is 0. The SMILES string of the molecule is COC(=O)Cc1cccc2c(C)nc(=O)oc12. The van der Waals surface area contributed by atoms with Crippen LogP contribution < -0.4 is 5.76 Å². The molecular weight excluding hydrogens is 222 g/mol. The zero-order valence-corrected chi connectivity index (χ0v) is 9.52. The number of nitrogens with zero attached hydrogens (tertiary/aromatic N) is 1. The molecule has 1 aromatic carbocycles. The molecule has 0 bridgehead atoms. The van der Waals surface area contributed by atoms with Crippen molar-refractivity contribution in [3.05, 3.63) is 40.0 Å². The molecule has 0 saturated carbocycles. The van der Waals surface area contributed by atoms with E-state index in [1.165, 1.54) is 7.11 Å². The summed E-state index contributed by atoms with van der Waals surface area (Å²) in [4.78, 5) is 26.2. The molecule has 88 valence electrons. The number of aryl methyl sites for hydroxylation is 1. The average molecular weight is 233 g/mol. The van der Waals surface area contributed by atoms with Gasteiger partial charge in [-0.05, 0) is 13.0 Å². The Labute approximate surface area is 97.0 Å². The molecule has 0 fully saturated rings. The van der Waals surface area contributed by atoms with Crippen LogP contribution in [0, 0.1) is 6.92 Å². The van der Waals surface area contributed by atoms with Crippen molar-refractivity contribution < 1.29 is 13.9 Å². The highest BCUT2D eigenvalue weighted by Crippen LogP contribution is 2.19. The standard InChI is InChI=1S/C12H11NO4/c1-7-9-5-3-4-8(6-10(14)16-2)11(9)17-12(15)13-7/h3-5H,6H2,1-2H3. The van der Waals surface area contributed by atoms with E-state index >= 15 is 0 Å². The molecule has 0 aliphatic heterocycles. The zero-order chi connectivity index (χ0) is 12.4. The van der Waals surface area contributed by atoms with Crippen molar-refractivity contribution in [2.45, 2.75) is 13.3 Å². The highest BCUT2D eigenvalue weighted by molar-refractivity contribution is 5.85. The van der Waals surface area contributed by atoms with Crippen molar-refractivity contribution in [2.24, 2.45) is 0 Å². The van der Waals surface area contributed by atoms with E-state index in [2.05, 4.69) is 9.72 Å². The van der Waals surface area contributed by atoms with Gasteiger partial charge >= 0.3 is 11.7 Å². The predicted molar refractivity (Wildman–Crippen MR) is 60.7 cm³/mol. The lowest BCUT2D eigenvalue weighted by Gasteiger charge is -2.04. The summed E-state index contributed by atoms with van der Waals surface area (Å²) in [5.74, 6) is -1.04. The van der Waals surface area contributed by atoms with Gasteiger partial charge in [0.1, 0.15) is 5.58 Å². The van der Waals surface area contributed by atoms with Gasteiger partial charge in [-0.2, -0.15) is 4.98 Å². The van der Waals surface area contributed by atoms with E-state index < -0.39 is 5.76 Å². The van der Waals surface area contributed by atoms with Crippen molar-refractivity contribution in [1.82, 2.24) is 4.98 Å². The van der Waals surface area contributed by atoms with Gasteiger partial charge in [-0.1, -0.05) is 12.1 Å². The molecular formula is C12H11NO4. The molecule has 2 aromatic rings. The van der Waals surface area contributed by atoms with Crippen LogP contribution in [0.3, 0.4) is 0 Å². The third kappa shape index (κ3) is 2.18. The first-order chi connectivity index (χ1) is 8.11. The summed E-state index contributed by atoms with van der Waals surface area (Å²) >= 11 is 0. The smallest absolute Gasteiger partial charge is 0.439 e. The van der Waals surface area contributed by atoms with Crippen molar-refractivity contribution >= 4 is 16.9 Å². The minimum absolute atomic E-state index is 0.0697. The molecule has 0 radical (unpaired) electrons. The summed E-state index contributed by atoms with van der Waals surface area (Å²) in [5, 5.41) is 0.728. The van der Waals surface area contributed by atoms with Crippen molar-refractivity contribution in [2.75, 3.05) is 7.11 Å². The predicted octanol–water partition coefficient (Wildman–Crippen LogP) is 1.21. The number of benzene rings is 1. The second-order valence-electron chi connectivity index (χ2n) is 3.61. The summed E-state index contributed by atoms with van der Waals surface area (Å²) < 4.78 is 9.63. The number of hydrogen-bond acceptors (Lipinski definition) is 5.